The molecule has 4 N–H and O–H groups in total. The summed E-state index contributed by atoms with van der Waals surface area (Å²) in [4.78, 5) is 22.7. The first-order valence-corrected chi connectivity index (χ1v) is 6.04. The molecule has 2 rings (SSSR count). The van der Waals surface area contributed by atoms with Gasteiger partial charge >= 0.3 is 0 Å². The van der Waals surface area contributed by atoms with Gasteiger partial charge < -0.3 is 16.4 Å². The van der Waals surface area contributed by atoms with Crippen molar-refractivity contribution in [2.75, 3.05) is 6.54 Å². The van der Waals surface area contributed by atoms with E-state index in [0.717, 1.165) is 5.56 Å². The van der Waals surface area contributed by atoms with Crippen molar-refractivity contribution in [2.24, 2.45) is 5.73 Å². The molecule has 0 aliphatic carbocycles. The molecule has 1 heterocycles. The summed E-state index contributed by atoms with van der Waals surface area (Å²) >= 11 is 0. The van der Waals surface area contributed by atoms with Crippen LogP contribution in [0.3, 0.4) is 0 Å². The van der Waals surface area contributed by atoms with E-state index in [9.17, 15) is 9.59 Å². The molecule has 104 valence electrons. The van der Waals surface area contributed by atoms with E-state index in [4.69, 9.17) is 5.73 Å². The molecular formula is C13H18ClN3O2. The summed E-state index contributed by atoms with van der Waals surface area (Å²) < 4.78 is 0. The van der Waals surface area contributed by atoms with Crippen molar-refractivity contribution in [3.8, 4) is 0 Å². The van der Waals surface area contributed by atoms with Gasteiger partial charge in [-0.2, -0.15) is 0 Å². The highest BCUT2D eigenvalue weighted by Crippen LogP contribution is 2.09. The molecular weight excluding hydrogens is 266 g/mol. The van der Waals surface area contributed by atoms with Gasteiger partial charge in [-0.25, -0.2) is 0 Å². The fourth-order valence-electron chi connectivity index (χ4n) is 1.96. The lowest BCUT2D eigenvalue weighted by molar-refractivity contribution is -0.125. The predicted octanol–water partition coefficient (Wildman–Crippen LogP) is 0.503. The van der Waals surface area contributed by atoms with Crippen molar-refractivity contribution >= 4 is 24.2 Å². The number of hydrogen-bond donors (Lipinski definition) is 3. The molecule has 1 aromatic rings. The van der Waals surface area contributed by atoms with E-state index >= 15 is 0 Å². The Morgan fingerprint density at radius 1 is 1.42 bits per heavy atom. The lowest BCUT2D eigenvalue weighted by Gasteiger charge is -2.15. The van der Waals surface area contributed by atoms with Gasteiger partial charge in [0.25, 0.3) is 0 Å². The Morgan fingerprint density at radius 2 is 2.11 bits per heavy atom. The van der Waals surface area contributed by atoms with Gasteiger partial charge in [-0.05, 0) is 12.0 Å². The van der Waals surface area contributed by atoms with Crippen LogP contribution < -0.4 is 16.4 Å². The van der Waals surface area contributed by atoms with Gasteiger partial charge in [-0.1, -0.05) is 30.3 Å². The van der Waals surface area contributed by atoms with Crippen LogP contribution in [0.2, 0.25) is 0 Å². The summed E-state index contributed by atoms with van der Waals surface area (Å²) in [6.07, 6.45) is 0.980. The molecule has 1 aliphatic rings. The summed E-state index contributed by atoms with van der Waals surface area (Å²) in [6, 6.07) is 8.96. The monoisotopic (exact) mass is 283 g/mol. The lowest BCUT2D eigenvalue weighted by atomic mass is 10.1. The largest absolute Gasteiger partial charge is 0.352 e. The molecule has 1 saturated heterocycles. The minimum absolute atomic E-state index is 0. The third kappa shape index (κ3) is 4.22. The zero-order valence-corrected chi connectivity index (χ0v) is 11.3. The molecule has 1 aliphatic heterocycles. The predicted molar refractivity (Wildman–Crippen MR) is 74.8 cm³/mol. The Balaban J connectivity index is 0.00000180. The Labute approximate surface area is 118 Å². The molecule has 5 nitrogen and oxygen atoms in total. The van der Waals surface area contributed by atoms with Crippen LogP contribution in [0.25, 0.3) is 0 Å². The zero-order chi connectivity index (χ0) is 13.0. The molecule has 0 spiro atoms. The van der Waals surface area contributed by atoms with E-state index in [2.05, 4.69) is 10.6 Å². The van der Waals surface area contributed by atoms with Gasteiger partial charge in [0.15, 0.2) is 0 Å². The van der Waals surface area contributed by atoms with Crippen molar-refractivity contribution in [3.63, 3.8) is 0 Å². The van der Waals surface area contributed by atoms with Crippen molar-refractivity contribution in [1.29, 1.82) is 0 Å². The van der Waals surface area contributed by atoms with E-state index in [0.29, 0.717) is 19.4 Å². The zero-order valence-electron chi connectivity index (χ0n) is 10.5. The maximum absolute atomic E-state index is 11.7. The van der Waals surface area contributed by atoms with Gasteiger partial charge in [0, 0.05) is 19.0 Å². The average Bonchev–Trinajstić information content (AvgIpc) is 2.83. The quantitative estimate of drug-likeness (QED) is 0.752. The molecule has 0 saturated carbocycles. The third-order valence-corrected chi connectivity index (χ3v) is 3.04. The molecule has 1 aromatic carbocycles. The molecule has 0 radical (unpaired) electrons. The van der Waals surface area contributed by atoms with E-state index in [1.165, 1.54) is 0 Å². The maximum atomic E-state index is 11.7. The number of rotatable bonds is 4. The molecule has 19 heavy (non-hydrogen) atoms. The second-order valence-electron chi connectivity index (χ2n) is 4.42. The van der Waals surface area contributed by atoms with Gasteiger partial charge in [-0.3, -0.25) is 9.59 Å². The summed E-state index contributed by atoms with van der Waals surface area (Å²) in [5, 5.41) is 5.39. The number of hydrogen-bond acceptors (Lipinski definition) is 3. The van der Waals surface area contributed by atoms with Gasteiger partial charge in [-0.15, -0.1) is 12.4 Å². The van der Waals surface area contributed by atoms with E-state index in [1.807, 2.05) is 30.3 Å². The van der Waals surface area contributed by atoms with Crippen molar-refractivity contribution < 1.29 is 9.59 Å². The number of carbonyl (C=O) groups excluding carboxylic acids is 2. The van der Waals surface area contributed by atoms with Crippen LogP contribution in [0.4, 0.5) is 0 Å². The average molecular weight is 284 g/mol. The topological polar surface area (TPSA) is 84.2 Å². The number of nitrogens with two attached hydrogens (primary N) is 1. The third-order valence-electron chi connectivity index (χ3n) is 3.04. The van der Waals surface area contributed by atoms with Crippen molar-refractivity contribution in [2.45, 2.75) is 24.9 Å². The number of nitrogens with one attached hydrogen (secondary N) is 2. The number of carbonyl (C=O) groups is 2. The smallest absolute Gasteiger partial charge is 0.242 e. The highest BCUT2D eigenvalue weighted by molar-refractivity contribution is 5.90. The summed E-state index contributed by atoms with van der Waals surface area (Å²) in [5.41, 5.74) is 6.95. The number of benzene rings is 1. The maximum Gasteiger partial charge on any atom is 0.242 e. The van der Waals surface area contributed by atoms with Crippen LogP contribution >= 0.6 is 12.4 Å². The second kappa shape index (κ2) is 7.11. The minimum atomic E-state index is -0.402. The Morgan fingerprint density at radius 3 is 2.68 bits per heavy atom. The molecule has 1 unspecified atom stereocenters. The molecule has 0 bridgehead atoms. The van der Waals surface area contributed by atoms with Crippen LogP contribution in [-0.2, 0) is 9.59 Å². The fraction of sp³-hybridized carbons (Fsp3) is 0.385. The van der Waals surface area contributed by atoms with E-state index in [-0.39, 0.29) is 30.3 Å². The first-order chi connectivity index (χ1) is 8.66. The van der Waals surface area contributed by atoms with Crippen molar-refractivity contribution in [3.05, 3.63) is 35.9 Å². The van der Waals surface area contributed by atoms with Gasteiger partial charge in [0.1, 0.15) is 6.04 Å². The Kier molecular flexibility index (Phi) is 5.79. The van der Waals surface area contributed by atoms with E-state index < -0.39 is 6.04 Å². The minimum Gasteiger partial charge on any atom is -0.352 e. The van der Waals surface area contributed by atoms with Crippen LogP contribution in [-0.4, -0.2) is 24.4 Å². The highest BCUT2D eigenvalue weighted by Gasteiger charge is 2.27. The highest BCUT2D eigenvalue weighted by atomic mass is 35.5. The molecule has 2 amide bonds. The SMILES string of the molecule is Cl.NC(CNC(=O)[C@H]1CCC(=O)N1)c1ccccc1. The standard InChI is InChI=1S/C13H17N3O2.ClH/c14-10(9-4-2-1-3-5-9)8-15-13(18)11-6-7-12(17)16-11;/h1-5,10-11H,6-8,14H2,(H,15,18)(H,16,17);1H/t10?,11-;/m1./s1. The van der Waals surface area contributed by atoms with E-state index in [1.54, 1.807) is 0 Å². The first kappa shape index (κ1) is 15.5. The number of halogens is 1. The molecule has 0 aromatic heterocycles. The van der Waals surface area contributed by atoms with Crippen LogP contribution in [0.1, 0.15) is 24.4 Å². The van der Waals surface area contributed by atoms with Crippen LogP contribution in [0.15, 0.2) is 30.3 Å². The normalized spacial score (nSPS) is 19.2. The summed E-state index contributed by atoms with van der Waals surface area (Å²) in [7, 11) is 0. The van der Waals surface area contributed by atoms with Gasteiger partial charge in [0.05, 0.1) is 0 Å². The lowest BCUT2D eigenvalue weighted by Crippen LogP contribution is -2.43. The van der Waals surface area contributed by atoms with Crippen LogP contribution in [0, 0.1) is 0 Å². The Bertz CT molecular complexity index is 439. The van der Waals surface area contributed by atoms with Crippen molar-refractivity contribution in [1.82, 2.24) is 10.6 Å². The molecule has 6 heteroatoms. The van der Waals surface area contributed by atoms with Gasteiger partial charge in [0.2, 0.25) is 11.8 Å². The Hall–Kier alpha value is -1.59. The molecule has 1 fully saturated rings. The molecule has 2 atom stereocenters. The second-order valence-corrected chi connectivity index (χ2v) is 4.42. The number of amides is 2. The fourth-order valence-corrected chi connectivity index (χ4v) is 1.96. The summed E-state index contributed by atoms with van der Waals surface area (Å²) in [5.74, 6) is -0.227. The van der Waals surface area contributed by atoms with Crippen LogP contribution in [0.5, 0.6) is 0 Å². The summed E-state index contributed by atoms with van der Waals surface area (Å²) in [6.45, 7) is 0.370. The first-order valence-electron chi connectivity index (χ1n) is 6.04.